The fourth-order valence-electron chi connectivity index (χ4n) is 2.31. The Kier molecular flexibility index (Phi) is 5.75. The van der Waals surface area contributed by atoms with Crippen LogP contribution in [0.5, 0.6) is 11.5 Å². The Bertz CT molecular complexity index is 1000. The Morgan fingerprint density at radius 3 is 2.68 bits per heavy atom. The number of hydrogen-bond donors (Lipinski definition) is 1. The first-order chi connectivity index (χ1) is 13.5. The van der Waals surface area contributed by atoms with Gasteiger partial charge in [0, 0.05) is 17.3 Å². The Labute approximate surface area is 164 Å². The van der Waals surface area contributed by atoms with Crippen molar-refractivity contribution in [2.45, 2.75) is 6.73 Å². The van der Waals surface area contributed by atoms with Crippen molar-refractivity contribution in [2.24, 2.45) is 0 Å². The molecule has 0 fully saturated rings. The van der Waals surface area contributed by atoms with E-state index in [0.717, 1.165) is 0 Å². The number of nitrogens with zero attached hydrogens (tertiary/aromatic N) is 3. The first-order valence-electron chi connectivity index (χ1n) is 8.02. The van der Waals surface area contributed by atoms with Gasteiger partial charge in [-0.25, -0.2) is 4.68 Å². The van der Waals surface area contributed by atoms with Gasteiger partial charge in [-0.2, -0.15) is 5.10 Å². The fraction of sp³-hybridized carbons (Fsp3) is 0.111. The highest BCUT2D eigenvalue weighted by Gasteiger charge is 2.16. The first kappa shape index (κ1) is 19.2. The van der Waals surface area contributed by atoms with E-state index < -0.39 is 10.8 Å². The second-order valence-electron chi connectivity index (χ2n) is 5.56. The standard InChI is InChI=1S/C18H15ClN4O5/c1-27-17-10-13(23(25)26)4-7-15(17)20-18(24)16-8-9-22(21-16)11-28-14-5-2-12(19)3-6-14/h2-10H,11H2,1H3,(H,20,24). The van der Waals surface area contributed by atoms with Crippen LogP contribution < -0.4 is 14.8 Å². The predicted molar refractivity (Wildman–Crippen MR) is 102 cm³/mol. The third-order valence-corrected chi connectivity index (χ3v) is 3.95. The van der Waals surface area contributed by atoms with Crippen molar-refractivity contribution in [3.8, 4) is 11.5 Å². The highest BCUT2D eigenvalue weighted by molar-refractivity contribution is 6.30. The smallest absolute Gasteiger partial charge is 0.276 e. The minimum absolute atomic E-state index is 0.107. The average Bonchev–Trinajstić information content (AvgIpc) is 3.17. The highest BCUT2D eigenvalue weighted by atomic mass is 35.5. The number of carbonyl (C=O) groups excluding carboxylic acids is 1. The SMILES string of the molecule is COc1cc([N+](=O)[O-])ccc1NC(=O)c1ccn(COc2ccc(Cl)cc2)n1. The molecule has 0 aliphatic heterocycles. The van der Waals surface area contributed by atoms with Gasteiger partial charge in [0.05, 0.1) is 23.8 Å². The van der Waals surface area contributed by atoms with E-state index >= 15 is 0 Å². The number of methoxy groups -OCH3 is 1. The van der Waals surface area contributed by atoms with E-state index in [0.29, 0.717) is 16.5 Å². The lowest BCUT2D eigenvalue weighted by molar-refractivity contribution is -0.384. The van der Waals surface area contributed by atoms with Crippen LogP contribution in [0.15, 0.2) is 54.7 Å². The van der Waals surface area contributed by atoms with Crippen molar-refractivity contribution in [3.63, 3.8) is 0 Å². The van der Waals surface area contributed by atoms with Gasteiger partial charge in [-0.3, -0.25) is 14.9 Å². The van der Waals surface area contributed by atoms with Gasteiger partial charge < -0.3 is 14.8 Å². The second-order valence-corrected chi connectivity index (χ2v) is 6.00. The van der Waals surface area contributed by atoms with Gasteiger partial charge in [-0.15, -0.1) is 0 Å². The number of amides is 1. The quantitative estimate of drug-likeness (QED) is 0.476. The number of nitrogens with one attached hydrogen (secondary N) is 1. The largest absolute Gasteiger partial charge is 0.494 e. The van der Waals surface area contributed by atoms with E-state index in [2.05, 4.69) is 10.4 Å². The molecule has 1 amide bonds. The normalized spacial score (nSPS) is 10.4. The maximum atomic E-state index is 12.4. The van der Waals surface area contributed by atoms with E-state index in [1.54, 1.807) is 30.5 Å². The summed E-state index contributed by atoms with van der Waals surface area (Å²) in [5.41, 5.74) is 0.309. The van der Waals surface area contributed by atoms with Crippen LogP contribution in [0.4, 0.5) is 11.4 Å². The zero-order chi connectivity index (χ0) is 20.1. The molecule has 2 aromatic carbocycles. The van der Waals surface area contributed by atoms with Gasteiger partial charge in [0.2, 0.25) is 0 Å². The van der Waals surface area contributed by atoms with Crippen molar-refractivity contribution in [1.82, 2.24) is 9.78 Å². The lowest BCUT2D eigenvalue weighted by atomic mass is 10.2. The molecular formula is C18H15ClN4O5. The molecule has 0 spiro atoms. The molecule has 3 rings (SSSR count). The summed E-state index contributed by atoms with van der Waals surface area (Å²) in [5.74, 6) is 0.298. The number of nitro benzene ring substituents is 1. The molecule has 1 heterocycles. The molecule has 0 saturated heterocycles. The lowest BCUT2D eigenvalue weighted by Gasteiger charge is -2.09. The minimum atomic E-state index is -0.545. The lowest BCUT2D eigenvalue weighted by Crippen LogP contribution is -2.15. The molecule has 0 atom stereocenters. The van der Waals surface area contributed by atoms with Gasteiger partial charge in [0.1, 0.15) is 11.5 Å². The third-order valence-electron chi connectivity index (χ3n) is 3.69. The molecule has 0 unspecified atom stereocenters. The molecule has 1 aromatic heterocycles. The zero-order valence-corrected chi connectivity index (χ0v) is 15.4. The number of hydrogen-bond acceptors (Lipinski definition) is 6. The molecule has 0 bridgehead atoms. The van der Waals surface area contributed by atoms with E-state index in [-0.39, 0.29) is 23.9 Å². The molecule has 0 radical (unpaired) electrons. The van der Waals surface area contributed by atoms with Crippen LogP contribution >= 0.6 is 11.6 Å². The van der Waals surface area contributed by atoms with Crippen molar-refractivity contribution in [2.75, 3.05) is 12.4 Å². The second kappa shape index (κ2) is 8.40. The van der Waals surface area contributed by atoms with Crippen LogP contribution in [0.2, 0.25) is 5.02 Å². The summed E-state index contributed by atoms with van der Waals surface area (Å²) >= 11 is 5.82. The number of anilines is 1. The van der Waals surface area contributed by atoms with E-state index in [1.807, 2.05) is 0 Å². The number of carbonyl (C=O) groups is 1. The summed E-state index contributed by atoms with van der Waals surface area (Å²) in [4.78, 5) is 22.7. The number of nitro groups is 1. The number of benzene rings is 2. The maximum Gasteiger partial charge on any atom is 0.276 e. The molecule has 0 saturated carbocycles. The maximum absolute atomic E-state index is 12.4. The Morgan fingerprint density at radius 2 is 2.00 bits per heavy atom. The summed E-state index contributed by atoms with van der Waals surface area (Å²) in [5, 5.41) is 18.2. The van der Waals surface area contributed by atoms with E-state index in [4.69, 9.17) is 21.1 Å². The van der Waals surface area contributed by atoms with Crippen LogP contribution in [0.1, 0.15) is 10.5 Å². The Balaban J connectivity index is 1.65. The number of ether oxygens (including phenoxy) is 2. The van der Waals surface area contributed by atoms with Crippen LogP contribution in [-0.4, -0.2) is 27.7 Å². The summed E-state index contributed by atoms with van der Waals surface area (Å²) in [6.07, 6.45) is 1.60. The van der Waals surface area contributed by atoms with Gasteiger partial charge in [0.15, 0.2) is 12.4 Å². The van der Waals surface area contributed by atoms with Crippen LogP contribution in [0, 0.1) is 10.1 Å². The topological polar surface area (TPSA) is 109 Å². The Hall–Kier alpha value is -3.59. The number of rotatable bonds is 7. The molecule has 1 N–H and O–H groups in total. The van der Waals surface area contributed by atoms with Gasteiger partial charge in [0.25, 0.3) is 11.6 Å². The van der Waals surface area contributed by atoms with E-state index in [9.17, 15) is 14.9 Å². The average molecular weight is 403 g/mol. The summed E-state index contributed by atoms with van der Waals surface area (Å²) in [6, 6.07) is 12.3. The Morgan fingerprint density at radius 1 is 1.25 bits per heavy atom. The first-order valence-corrected chi connectivity index (χ1v) is 8.39. The number of aromatic nitrogens is 2. The zero-order valence-electron chi connectivity index (χ0n) is 14.7. The van der Waals surface area contributed by atoms with Gasteiger partial charge in [-0.05, 0) is 36.4 Å². The molecule has 144 valence electrons. The highest BCUT2D eigenvalue weighted by Crippen LogP contribution is 2.29. The molecular weight excluding hydrogens is 388 g/mol. The summed E-state index contributed by atoms with van der Waals surface area (Å²) in [6.45, 7) is 0.107. The fourth-order valence-corrected chi connectivity index (χ4v) is 2.44. The molecule has 3 aromatic rings. The molecule has 10 heteroatoms. The van der Waals surface area contributed by atoms with Gasteiger partial charge >= 0.3 is 0 Å². The van der Waals surface area contributed by atoms with Crippen molar-refractivity contribution in [1.29, 1.82) is 0 Å². The monoisotopic (exact) mass is 402 g/mol. The van der Waals surface area contributed by atoms with Gasteiger partial charge in [-0.1, -0.05) is 11.6 Å². The molecule has 0 aliphatic rings. The number of non-ortho nitro benzene ring substituents is 1. The molecule has 0 aliphatic carbocycles. The summed E-state index contributed by atoms with van der Waals surface area (Å²) < 4.78 is 12.1. The van der Waals surface area contributed by atoms with Crippen molar-refractivity contribution >= 4 is 28.9 Å². The number of halogens is 1. The van der Waals surface area contributed by atoms with Crippen molar-refractivity contribution < 1.29 is 19.2 Å². The minimum Gasteiger partial charge on any atom is -0.494 e. The van der Waals surface area contributed by atoms with Crippen LogP contribution in [0.25, 0.3) is 0 Å². The van der Waals surface area contributed by atoms with Crippen LogP contribution in [-0.2, 0) is 6.73 Å². The third kappa shape index (κ3) is 4.57. The van der Waals surface area contributed by atoms with Crippen molar-refractivity contribution in [3.05, 3.63) is 75.6 Å². The summed E-state index contributed by atoms with van der Waals surface area (Å²) in [7, 11) is 1.36. The van der Waals surface area contributed by atoms with Crippen LogP contribution in [0.3, 0.4) is 0 Å². The van der Waals surface area contributed by atoms with E-state index in [1.165, 1.54) is 36.1 Å². The molecule has 28 heavy (non-hydrogen) atoms. The molecule has 9 nitrogen and oxygen atoms in total. The predicted octanol–water partition coefficient (Wildman–Crippen LogP) is 3.74.